The summed E-state index contributed by atoms with van der Waals surface area (Å²) >= 11 is 0. The maximum Gasteiger partial charge on any atom is 0.420 e. The second-order valence-corrected chi connectivity index (χ2v) is 8.76. The van der Waals surface area contributed by atoms with Crippen molar-refractivity contribution in [3.05, 3.63) is 65.1 Å². The number of nitrogens with one attached hydrogen (secondary N) is 2. The molecular weight excluding hydrogens is 537 g/mol. The number of aliphatic hydroxyl groups is 1. The van der Waals surface area contributed by atoms with E-state index in [9.17, 15) is 40.6 Å². The van der Waals surface area contributed by atoms with E-state index in [0.29, 0.717) is 18.8 Å². The number of rotatable bonds is 9. The fraction of sp³-hybridized carbons (Fsp3) is 0.360. The highest BCUT2D eigenvalue weighted by Gasteiger charge is 2.41. The van der Waals surface area contributed by atoms with Crippen LogP contribution in [-0.2, 0) is 12.4 Å². The Morgan fingerprint density at radius 3 is 2.31 bits per heavy atom. The van der Waals surface area contributed by atoms with E-state index in [0.717, 1.165) is 61.9 Å². The molecule has 3 rings (SSSR count). The van der Waals surface area contributed by atoms with Crippen molar-refractivity contribution >= 4 is 23.6 Å². The van der Waals surface area contributed by atoms with Crippen LogP contribution in [0, 0.1) is 11.2 Å². The van der Waals surface area contributed by atoms with Crippen LogP contribution in [0.4, 0.5) is 41.2 Å². The zero-order chi connectivity index (χ0) is 29.0. The number of ether oxygens (including phenoxy) is 1. The first kappa shape index (κ1) is 29.9. The van der Waals surface area contributed by atoms with Gasteiger partial charge in [-0.25, -0.2) is 9.18 Å². The van der Waals surface area contributed by atoms with Crippen LogP contribution in [0.3, 0.4) is 0 Å². The second-order valence-electron chi connectivity index (χ2n) is 8.76. The van der Waals surface area contributed by atoms with Gasteiger partial charge in [0.15, 0.2) is 5.75 Å². The fourth-order valence-electron chi connectivity index (χ4n) is 3.68. The molecule has 14 heteroatoms. The molecule has 1 amide bonds. The molecule has 1 aliphatic rings. The summed E-state index contributed by atoms with van der Waals surface area (Å²) in [5.74, 6) is -1.90. The Hall–Kier alpha value is -3.65. The van der Waals surface area contributed by atoms with Crippen LogP contribution in [0.1, 0.15) is 23.1 Å². The van der Waals surface area contributed by atoms with Crippen molar-refractivity contribution in [2.75, 3.05) is 38.1 Å². The van der Waals surface area contributed by atoms with Crippen LogP contribution < -0.4 is 15.0 Å². The Balaban J connectivity index is 2.02. The third kappa shape index (κ3) is 7.69. The summed E-state index contributed by atoms with van der Waals surface area (Å²) in [5, 5.41) is 20.4. The van der Waals surface area contributed by atoms with Gasteiger partial charge in [0.05, 0.1) is 17.2 Å². The largest absolute Gasteiger partial charge is 0.420 e. The molecule has 39 heavy (non-hydrogen) atoms. The smallest absolute Gasteiger partial charge is 0.409 e. The van der Waals surface area contributed by atoms with Gasteiger partial charge in [0.1, 0.15) is 5.82 Å². The molecule has 0 radical (unpaired) electrons. The number of hydrogen-bond acceptors (Lipinski definition) is 6. The first-order valence-corrected chi connectivity index (χ1v) is 11.6. The number of aliphatic hydroxyl groups excluding tert-OH is 1. The van der Waals surface area contributed by atoms with Crippen molar-refractivity contribution in [2.45, 2.75) is 24.9 Å². The van der Waals surface area contributed by atoms with Crippen molar-refractivity contribution in [2.24, 2.45) is 0 Å². The fourth-order valence-corrected chi connectivity index (χ4v) is 3.68. The molecule has 1 fully saturated rings. The molecule has 0 aliphatic carbocycles. The van der Waals surface area contributed by atoms with E-state index in [1.165, 1.54) is 0 Å². The summed E-state index contributed by atoms with van der Waals surface area (Å²) in [6.07, 6.45) is -10.5. The van der Waals surface area contributed by atoms with Crippen molar-refractivity contribution in [3.63, 3.8) is 0 Å². The lowest BCUT2D eigenvalue weighted by atomic mass is 9.98. The van der Waals surface area contributed by atoms with E-state index in [1.54, 1.807) is 0 Å². The van der Waals surface area contributed by atoms with Gasteiger partial charge in [-0.15, -0.1) is 0 Å². The van der Waals surface area contributed by atoms with Crippen molar-refractivity contribution in [1.82, 2.24) is 10.2 Å². The summed E-state index contributed by atoms with van der Waals surface area (Å²) in [5.41, 5.74) is -4.85. The Bertz CT molecular complexity index is 1210. The number of anilines is 1. The number of hydrogen-bond donors (Lipinski definition) is 3. The van der Waals surface area contributed by atoms with Crippen LogP contribution >= 0.6 is 0 Å². The van der Waals surface area contributed by atoms with Crippen LogP contribution in [0.5, 0.6) is 5.75 Å². The van der Waals surface area contributed by atoms with Crippen molar-refractivity contribution in [1.29, 1.82) is 5.41 Å². The topological polar surface area (TPSA) is 88.9 Å². The van der Waals surface area contributed by atoms with Gasteiger partial charge in [-0.2, -0.15) is 26.3 Å². The molecule has 0 saturated carbocycles. The van der Waals surface area contributed by atoms with E-state index < -0.39 is 58.4 Å². The first-order valence-electron chi connectivity index (χ1n) is 11.6. The normalized spacial score (nSPS) is 15.4. The van der Waals surface area contributed by atoms with E-state index in [1.807, 2.05) is 4.90 Å². The van der Waals surface area contributed by atoms with Gasteiger partial charge >= 0.3 is 18.4 Å². The molecule has 0 aromatic heterocycles. The third-order valence-electron chi connectivity index (χ3n) is 5.89. The van der Waals surface area contributed by atoms with Gasteiger partial charge in [0.25, 0.3) is 0 Å². The van der Waals surface area contributed by atoms with Crippen LogP contribution in [0.2, 0.25) is 0 Å². The highest BCUT2D eigenvalue weighted by Crippen LogP contribution is 2.44. The minimum Gasteiger partial charge on any atom is -0.409 e. The molecular formula is C25H25F7N4O3. The predicted octanol–water partition coefficient (Wildman–Crippen LogP) is 5.15. The number of β-amino-alcohol motifs (C(OH)–C–C–N with tert-alkyl or cyclic N) is 1. The Morgan fingerprint density at radius 2 is 1.79 bits per heavy atom. The monoisotopic (exact) mass is 562 g/mol. The number of amides is 1. The maximum absolute atomic E-state index is 14.0. The SMILES string of the molecule is CN(C(=O)Oc1c(/C(C=N)=C/NCC(O)CN2CCC2)cc(C(F)(F)F)cc1C(F)(F)F)c1ccc(F)cc1. The number of alkyl halides is 6. The minimum absolute atomic E-state index is 0.0316. The lowest BCUT2D eigenvalue weighted by molar-refractivity contribution is -0.143. The zero-order valence-electron chi connectivity index (χ0n) is 20.5. The molecule has 1 heterocycles. The summed E-state index contributed by atoms with van der Waals surface area (Å²) in [7, 11) is 1.11. The maximum atomic E-state index is 14.0. The molecule has 1 unspecified atom stereocenters. The molecule has 7 nitrogen and oxygen atoms in total. The number of benzene rings is 2. The highest BCUT2D eigenvalue weighted by molar-refractivity contribution is 6.10. The van der Waals surface area contributed by atoms with E-state index in [-0.39, 0.29) is 18.3 Å². The quantitative estimate of drug-likeness (QED) is 0.291. The molecule has 212 valence electrons. The number of likely N-dealkylation sites (tertiary alicyclic amines) is 1. The molecule has 0 spiro atoms. The standard InChI is InChI=1S/C25H25F7N4O3/c1-35(18-5-3-17(26)4-6-18)23(38)39-22-20(9-16(24(27,28)29)10-21(22)25(30,31)32)15(11-33)12-34-13-19(37)14-36-7-2-8-36/h3-6,9-12,19,33-34,37H,2,7-8,13-14H2,1H3/b15-12+,33-11?. The molecule has 1 saturated heterocycles. The van der Waals surface area contributed by atoms with E-state index in [4.69, 9.17) is 10.1 Å². The number of halogens is 7. The zero-order valence-corrected chi connectivity index (χ0v) is 20.5. The second kappa shape index (κ2) is 12.0. The Morgan fingerprint density at radius 1 is 1.15 bits per heavy atom. The average Bonchev–Trinajstić information content (AvgIpc) is 2.83. The minimum atomic E-state index is -5.38. The molecule has 1 atom stereocenters. The number of allylic oxidation sites excluding steroid dienone is 1. The molecule has 2 aromatic rings. The summed E-state index contributed by atoms with van der Waals surface area (Å²) in [4.78, 5) is 15.4. The average molecular weight is 562 g/mol. The van der Waals surface area contributed by atoms with Crippen molar-refractivity contribution in [3.8, 4) is 5.75 Å². The van der Waals surface area contributed by atoms with Crippen molar-refractivity contribution < 1.29 is 45.4 Å². The summed E-state index contributed by atoms with van der Waals surface area (Å²) in [6.45, 7) is 1.79. The Labute approximate surface area is 219 Å². The highest BCUT2D eigenvalue weighted by atomic mass is 19.4. The van der Waals surface area contributed by atoms with Crippen LogP contribution in [0.15, 0.2) is 42.6 Å². The van der Waals surface area contributed by atoms with Gasteiger partial charge < -0.3 is 25.5 Å². The number of carbonyl (C=O) groups excluding carboxylic acids is 1. The molecule has 0 bridgehead atoms. The van der Waals surface area contributed by atoms with Gasteiger partial charge in [-0.1, -0.05) is 0 Å². The van der Waals surface area contributed by atoms with Gasteiger partial charge in [-0.3, -0.25) is 4.90 Å². The predicted molar refractivity (Wildman–Crippen MR) is 129 cm³/mol. The number of carbonyl (C=O) groups is 1. The first-order chi connectivity index (χ1) is 18.2. The van der Waals surface area contributed by atoms with E-state index >= 15 is 0 Å². The van der Waals surface area contributed by atoms with Crippen LogP contribution in [-0.4, -0.2) is 61.6 Å². The molecule has 2 aromatic carbocycles. The van der Waals surface area contributed by atoms with Gasteiger partial charge in [0.2, 0.25) is 0 Å². The van der Waals surface area contributed by atoms with E-state index in [2.05, 4.69) is 5.32 Å². The van der Waals surface area contributed by atoms with Gasteiger partial charge in [-0.05, 0) is 55.9 Å². The lowest BCUT2D eigenvalue weighted by Crippen LogP contribution is -2.44. The molecule has 1 aliphatic heterocycles. The third-order valence-corrected chi connectivity index (χ3v) is 5.89. The molecule has 3 N–H and O–H groups in total. The Kier molecular flexibility index (Phi) is 9.22. The summed E-state index contributed by atoms with van der Waals surface area (Å²) in [6, 6.07) is 4.42. The van der Waals surface area contributed by atoms with Crippen LogP contribution in [0.25, 0.3) is 5.57 Å². The summed E-state index contributed by atoms with van der Waals surface area (Å²) < 4.78 is 101. The van der Waals surface area contributed by atoms with Gasteiger partial charge in [0, 0.05) is 49.4 Å². The number of nitrogens with zero attached hydrogens (tertiary/aromatic N) is 2. The lowest BCUT2D eigenvalue weighted by Gasteiger charge is -2.32.